The van der Waals surface area contributed by atoms with E-state index >= 15 is 0 Å². The average molecular weight is 473 g/mol. The number of carbonyl (C=O) groups excluding carboxylic acids is 2. The van der Waals surface area contributed by atoms with Crippen LogP contribution in [0.3, 0.4) is 0 Å². The summed E-state index contributed by atoms with van der Waals surface area (Å²) in [4.78, 5) is 25.7. The lowest BCUT2D eigenvalue weighted by Crippen LogP contribution is -2.58. The summed E-state index contributed by atoms with van der Waals surface area (Å²) >= 11 is 0. The first-order valence-electron chi connectivity index (χ1n) is 14.1. The monoisotopic (exact) mass is 472 g/mol. The minimum absolute atomic E-state index is 0.0613. The Morgan fingerprint density at radius 1 is 1.03 bits per heavy atom. The molecular weight excluding hydrogens is 428 g/mol. The second kappa shape index (κ2) is 7.78. The molecule has 190 valence electrons. The number of fused-ring (bicyclic) bond motifs is 7. The summed E-state index contributed by atoms with van der Waals surface area (Å²) in [5.74, 6) is 3.07. The van der Waals surface area contributed by atoms with E-state index in [0.717, 1.165) is 51.6 Å². The van der Waals surface area contributed by atoms with E-state index in [1.165, 1.54) is 19.8 Å². The van der Waals surface area contributed by atoms with Crippen LogP contribution in [0.15, 0.2) is 0 Å². The molecule has 2 saturated heterocycles. The topological polar surface area (TPSA) is 61.8 Å². The Kier molecular flexibility index (Phi) is 5.37. The maximum absolute atomic E-state index is 14.1. The van der Waals surface area contributed by atoms with Crippen molar-refractivity contribution >= 4 is 11.8 Å². The van der Waals surface area contributed by atoms with Crippen molar-refractivity contribution in [3.63, 3.8) is 0 Å². The van der Waals surface area contributed by atoms with Crippen LogP contribution in [0.4, 0.5) is 0 Å². The van der Waals surface area contributed by atoms with Crippen molar-refractivity contribution in [1.29, 1.82) is 0 Å². The van der Waals surface area contributed by atoms with Gasteiger partial charge < -0.3 is 14.2 Å². The van der Waals surface area contributed by atoms with Gasteiger partial charge in [0.2, 0.25) is 0 Å². The van der Waals surface area contributed by atoms with Crippen molar-refractivity contribution < 1.29 is 23.8 Å². The minimum atomic E-state index is -0.467. The molecular formula is C29H44O5. The maximum Gasteiger partial charge on any atom is 0.302 e. The van der Waals surface area contributed by atoms with Gasteiger partial charge in [-0.25, -0.2) is 0 Å². The molecule has 6 aliphatic rings. The predicted molar refractivity (Wildman–Crippen MR) is 128 cm³/mol. The molecule has 6 rings (SSSR count). The molecule has 34 heavy (non-hydrogen) atoms. The molecule has 2 heterocycles. The van der Waals surface area contributed by atoms with Crippen LogP contribution in [0.25, 0.3) is 0 Å². The van der Waals surface area contributed by atoms with Gasteiger partial charge in [0.25, 0.3) is 0 Å². The first kappa shape index (κ1) is 23.5. The quantitative estimate of drug-likeness (QED) is 0.469. The number of hydrogen-bond acceptors (Lipinski definition) is 5. The number of ether oxygens (including phenoxy) is 3. The summed E-state index contributed by atoms with van der Waals surface area (Å²) in [5, 5.41) is 0. The number of carbonyl (C=O) groups is 2. The summed E-state index contributed by atoms with van der Waals surface area (Å²) in [7, 11) is 0. The van der Waals surface area contributed by atoms with Gasteiger partial charge in [-0.3, -0.25) is 9.59 Å². The fourth-order valence-corrected chi connectivity index (χ4v) is 10.3. The first-order chi connectivity index (χ1) is 16.1. The van der Waals surface area contributed by atoms with Crippen molar-refractivity contribution in [1.82, 2.24) is 0 Å². The summed E-state index contributed by atoms with van der Waals surface area (Å²) in [6, 6.07) is 0. The number of hydrogen-bond donors (Lipinski definition) is 0. The Labute approximate surface area is 205 Å². The van der Waals surface area contributed by atoms with Crippen molar-refractivity contribution in [3.05, 3.63) is 0 Å². The van der Waals surface area contributed by atoms with E-state index in [2.05, 4.69) is 27.7 Å². The molecule has 6 fully saturated rings. The summed E-state index contributed by atoms with van der Waals surface area (Å²) < 4.78 is 18.8. The van der Waals surface area contributed by atoms with Crippen molar-refractivity contribution in [2.24, 2.45) is 52.3 Å². The van der Waals surface area contributed by atoms with Crippen molar-refractivity contribution in [2.75, 3.05) is 6.61 Å². The molecule has 4 aliphatic carbocycles. The zero-order chi connectivity index (χ0) is 24.0. The lowest BCUT2D eigenvalue weighted by molar-refractivity contribution is -0.272. The minimum Gasteiger partial charge on any atom is -0.463 e. The Morgan fingerprint density at radius 2 is 1.82 bits per heavy atom. The first-order valence-corrected chi connectivity index (χ1v) is 14.1. The molecule has 5 nitrogen and oxygen atoms in total. The third-order valence-electron chi connectivity index (χ3n) is 12.1. The highest BCUT2D eigenvalue weighted by Gasteiger charge is 2.71. The largest absolute Gasteiger partial charge is 0.463 e. The highest BCUT2D eigenvalue weighted by molar-refractivity contribution is 5.87. The second-order valence-electron chi connectivity index (χ2n) is 13.5. The molecule has 12 atom stereocenters. The highest BCUT2D eigenvalue weighted by Crippen LogP contribution is 2.70. The molecule has 0 aromatic carbocycles. The predicted octanol–water partition coefficient (Wildman–Crippen LogP) is 5.54. The van der Waals surface area contributed by atoms with Crippen LogP contribution in [0.1, 0.15) is 92.4 Å². The number of Topliss-reactive ketones (excluding diaryl/α,β-unsaturated/α-hetero) is 1. The highest BCUT2D eigenvalue weighted by atomic mass is 16.7. The lowest BCUT2D eigenvalue weighted by Gasteiger charge is -2.60. The summed E-state index contributed by atoms with van der Waals surface area (Å²) in [6.45, 7) is 11.6. The van der Waals surface area contributed by atoms with Crippen LogP contribution in [0.5, 0.6) is 0 Å². The van der Waals surface area contributed by atoms with E-state index in [1.54, 1.807) is 0 Å². The summed E-state index contributed by atoms with van der Waals surface area (Å²) in [6.07, 6.45) is 9.47. The van der Waals surface area contributed by atoms with E-state index < -0.39 is 5.79 Å². The van der Waals surface area contributed by atoms with Gasteiger partial charge in [-0.2, -0.15) is 0 Å². The zero-order valence-electron chi connectivity index (χ0n) is 21.8. The molecule has 0 aromatic rings. The number of rotatable bonds is 1. The molecule has 0 unspecified atom stereocenters. The second-order valence-corrected chi connectivity index (χ2v) is 13.5. The van der Waals surface area contributed by atoms with E-state index in [0.29, 0.717) is 35.4 Å². The van der Waals surface area contributed by atoms with Crippen molar-refractivity contribution in [3.8, 4) is 0 Å². The van der Waals surface area contributed by atoms with E-state index in [9.17, 15) is 9.59 Å². The van der Waals surface area contributed by atoms with Gasteiger partial charge >= 0.3 is 5.97 Å². The van der Waals surface area contributed by atoms with Gasteiger partial charge in [0.05, 0.1) is 12.7 Å². The van der Waals surface area contributed by atoms with Crippen LogP contribution in [-0.4, -0.2) is 36.4 Å². The molecule has 0 aromatic heterocycles. The Balaban J connectivity index is 1.25. The molecule has 0 radical (unpaired) electrons. The van der Waals surface area contributed by atoms with Gasteiger partial charge in [-0.1, -0.05) is 27.7 Å². The Bertz CT molecular complexity index is 861. The smallest absolute Gasteiger partial charge is 0.302 e. The average Bonchev–Trinajstić information content (AvgIpc) is 3.23. The van der Waals surface area contributed by atoms with E-state index in [4.69, 9.17) is 14.2 Å². The zero-order valence-corrected chi connectivity index (χ0v) is 21.8. The van der Waals surface area contributed by atoms with Crippen LogP contribution in [-0.2, 0) is 23.8 Å². The Morgan fingerprint density at radius 3 is 2.53 bits per heavy atom. The standard InChI is InChI=1S/C29H44O5/c1-16-8-11-29(32-15-16)17(2)26-24(34-29)13-23-21-7-6-19-12-20(33-18(3)30)9-10-27(19,4)22(21)14-25(31)28(23,26)5/h16-17,19-24,26H,6-15H2,1-5H3/t16-,17+,19+,20-,21-,22+,23-,24+,26+,27+,28-,29-/m1/s1. The van der Waals surface area contributed by atoms with Gasteiger partial charge in [-0.05, 0) is 80.0 Å². The number of esters is 1. The molecule has 5 heteroatoms. The maximum atomic E-state index is 14.1. The molecule has 1 spiro atoms. The molecule has 0 N–H and O–H groups in total. The van der Waals surface area contributed by atoms with Crippen LogP contribution in [0, 0.1) is 52.3 Å². The third-order valence-corrected chi connectivity index (χ3v) is 12.1. The molecule has 4 saturated carbocycles. The van der Waals surface area contributed by atoms with Crippen LogP contribution in [0.2, 0.25) is 0 Å². The van der Waals surface area contributed by atoms with Crippen LogP contribution < -0.4 is 0 Å². The molecule has 2 aliphatic heterocycles. The fraction of sp³-hybridized carbons (Fsp3) is 0.931. The van der Waals surface area contributed by atoms with E-state index in [-0.39, 0.29) is 40.8 Å². The van der Waals surface area contributed by atoms with Crippen LogP contribution >= 0.6 is 0 Å². The SMILES string of the molecule is CC(=O)O[C@@H]1CC[C@@]2(C)[C@@H](CC[C@H]3[C@H]4C[C@@H]5O[C@]6(CC[C@@H](C)CO6)[C@@H](C)[C@@H]5[C@@]4(C)C(=O)C[C@@H]32)C1. The normalized spacial score (nSPS) is 56.4. The summed E-state index contributed by atoms with van der Waals surface area (Å²) in [5.41, 5.74) is -0.0934. The third kappa shape index (κ3) is 3.11. The van der Waals surface area contributed by atoms with Gasteiger partial charge in [0.1, 0.15) is 11.9 Å². The Hall–Kier alpha value is -0.940. The molecule has 0 bridgehead atoms. The van der Waals surface area contributed by atoms with Crippen molar-refractivity contribution in [2.45, 2.75) is 110 Å². The van der Waals surface area contributed by atoms with E-state index in [1.807, 2.05) is 0 Å². The molecule has 0 amide bonds. The lowest BCUT2D eigenvalue weighted by atomic mass is 9.44. The van der Waals surface area contributed by atoms with Gasteiger partial charge in [0, 0.05) is 37.0 Å². The van der Waals surface area contributed by atoms with Gasteiger partial charge in [0.15, 0.2) is 5.79 Å². The number of ketones is 1. The van der Waals surface area contributed by atoms with Gasteiger partial charge in [-0.15, -0.1) is 0 Å². The fourth-order valence-electron chi connectivity index (χ4n) is 10.3.